The Balaban J connectivity index is 1.94. The molecule has 1 N–H and O–H groups in total. The highest BCUT2D eigenvalue weighted by Gasteiger charge is 2.45. The fourth-order valence-corrected chi connectivity index (χ4v) is 4.03. The molecule has 2 aliphatic rings. The molecule has 2 aliphatic carbocycles. The van der Waals surface area contributed by atoms with Crippen LogP contribution in [0, 0.1) is 17.8 Å². The van der Waals surface area contributed by atoms with E-state index in [2.05, 4.69) is 40.2 Å². The van der Waals surface area contributed by atoms with Crippen LogP contribution in [0.5, 0.6) is 0 Å². The van der Waals surface area contributed by atoms with Crippen molar-refractivity contribution in [3.05, 3.63) is 46.5 Å². The number of benzene rings is 1. The first-order chi connectivity index (χ1) is 8.65. The predicted molar refractivity (Wildman–Crippen MR) is 73.4 cm³/mol. The van der Waals surface area contributed by atoms with E-state index in [4.69, 9.17) is 5.11 Å². The molecule has 1 saturated carbocycles. The number of carboxylic acid groups (broad SMARTS) is 1. The van der Waals surface area contributed by atoms with Crippen molar-refractivity contribution in [2.45, 2.75) is 18.8 Å². The number of allylic oxidation sites excluding steroid dienone is 2. The molecule has 0 heterocycles. The molecule has 0 aromatic heterocycles. The summed E-state index contributed by atoms with van der Waals surface area (Å²) in [5.74, 6) is 0.921. The second-order valence-corrected chi connectivity index (χ2v) is 6.21. The Morgan fingerprint density at radius 2 is 2.11 bits per heavy atom. The second kappa shape index (κ2) is 4.54. The number of halogens is 1. The highest BCUT2D eigenvalue weighted by molar-refractivity contribution is 9.10. The Labute approximate surface area is 115 Å². The van der Waals surface area contributed by atoms with Crippen LogP contribution in [0.4, 0.5) is 0 Å². The minimum Gasteiger partial charge on any atom is -0.481 e. The molecule has 4 unspecified atom stereocenters. The summed E-state index contributed by atoms with van der Waals surface area (Å²) >= 11 is 3.50. The quantitative estimate of drug-likeness (QED) is 0.862. The molecule has 2 nitrogen and oxygen atoms in total. The van der Waals surface area contributed by atoms with Crippen LogP contribution in [0.2, 0.25) is 0 Å². The third-order valence-electron chi connectivity index (χ3n) is 4.27. The smallest absolute Gasteiger partial charge is 0.303 e. The first-order valence-electron chi connectivity index (χ1n) is 6.31. The van der Waals surface area contributed by atoms with Gasteiger partial charge in [0.25, 0.3) is 0 Å². The Morgan fingerprint density at radius 3 is 2.83 bits per heavy atom. The number of carbonyl (C=O) groups is 1. The molecule has 1 aromatic carbocycles. The zero-order valence-electron chi connectivity index (χ0n) is 9.92. The molecule has 3 heteroatoms. The van der Waals surface area contributed by atoms with E-state index in [0.29, 0.717) is 17.8 Å². The van der Waals surface area contributed by atoms with Gasteiger partial charge in [-0.2, -0.15) is 0 Å². The zero-order chi connectivity index (χ0) is 12.7. The number of aliphatic carboxylic acids is 1. The maximum Gasteiger partial charge on any atom is 0.303 e. The molecule has 3 rings (SSSR count). The summed E-state index contributed by atoms with van der Waals surface area (Å²) in [7, 11) is 0. The first kappa shape index (κ1) is 12.0. The van der Waals surface area contributed by atoms with Crippen molar-refractivity contribution in [3.8, 4) is 0 Å². The van der Waals surface area contributed by atoms with E-state index < -0.39 is 5.97 Å². The van der Waals surface area contributed by atoms with Crippen molar-refractivity contribution < 1.29 is 9.90 Å². The Morgan fingerprint density at radius 1 is 1.33 bits per heavy atom. The van der Waals surface area contributed by atoms with Gasteiger partial charge in [0.05, 0.1) is 0 Å². The van der Waals surface area contributed by atoms with Crippen LogP contribution >= 0.6 is 15.9 Å². The van der Waals surface area contributed by atoms with Crippen LogP contribution in [0.25, 0.3) is 0 Å². The molecule has 0 radical (unpaired) electrons. The molecule has 0 amide bonds. The van der Waals surface area contributed by atoms with Crippen molar-refractivity contribution in [3.63, 3.8) is 0 Å². The van der Waals surface area contributed by atoms with Gasteiger partial charge in [0, 0.05) is 10.9 Å². The molecule has 94 valence electrons. The molecule has 1 aromatic rings. The van der Waals surface area contributed by atoms with E-state index in [-0.39, 0.29) is 12.3 Å². The lowest BCUT2D eigenvalue weighted by Crippen LogP contribution is -2.20. The fraction of sp³-hybridized carbons (Fsp3) is 0.400. The van der Waals surface area contributed by atoms with E-state index in [1.54, 1.807) is 0 Å². The Kier molecular flexibility index (Phi) is 3.02. The molecule has 18 heavy (non-hydrogen) atoms. The van der Waals surface area contributed by atoms with Gasteiger partial charge in [-0.3, -0.25) is 4.79 Å². The van der Waals surface area contributed by atoms with E-state index >= 15 is 0 Å². The summed E-state index contributed by atoms with van der Waals surface area (Å²) in [5.41, 5.74) is 1.27. The molecule has 0 saturated heterocycles. The standard InChI is InChI=1S/C15H15BrO2/c16-12-3-1-2-10(7-12)15-11-5-4-9(6-11)13(15)8-14(17)18/h1-5,7,9,11,13,15H,6,8H2,(H,17,18). The van der Waals surface area contributed by atoms with Crippen molar-refractivity contribution in [2.24, 2.45) is 17.8 Å². The van der Waals surface area contributed by atoms with Crippen LogP contribution in [-0.2, 0) is 4.79 Å². The molecule has 0 aliphatic heterocycles. The van der Waals surface area contributed by atoms with Crippen LogP contribution in [0.15, 0.2) is 40.9 Å². The van der Waals surface area contributed by atoms with Gasteiger partial charge in [-0.05, 0) is 47.8 Å². The van der Waals surface area contributed by atoms with Crippen LogP contribution < -0.4 is 0 Å². The average molecular weight is 307 g/mol. The zero-order valence-corrected chi connectivity index (χ0v) is 11.5. The lowest BCUT2D eigenvalue weighted by atomic mass is 9.77. The molecule has 2 bridgehead atoms. The first-order valence-corrected chi connectivity index (χ1v) is 7.10. The third-order valence-corrected chi connectivity index (χ3v) is 4.76. The molecule has 1 fully saturated rings. The van der Waals surface area contributed by atoms with Gasteiger partial charge in [0.1, 0.15) is 0 Å². The maximum atomic E-state index is 11.0. The molecule has 0 spiro atoms. The summed E-state index contributed by atoms with van der Waals surface area (Å²) in [4.78, 5) is 11.0. The molecule has 4 atom stereocenters. The lowest BCUT2D eigenvalue weighted by molar-refractivity contribution is -0.138. The van der Waals surface area contributed by atoms with Crippen LogP contribution in [0.1, 0.15) is 24.3 Å². The van der Waals surface area contributed by atoms with E-state index in [1.807, 2.05) is 12.1 Å². The highest BCUT2D eigenvalue weighted by atomic mass is 79.9. The summed E-state index contributed by atoms with van der Waals surface area (Å²) in [6.45, 7) is 0. The average Bonchev–Trinajstić information content (AvgIpc) is 2.88. The second-order valence-electron chi connectivity index (χ2n) is 5.29. The number of fused-ring (bicyclic) bond motifs is 2. The van der Waals surface area contributed by atoms with Crippen LogP contribution in [-0.4, -0.2) is 11.1 Å². The normalized spacial score (nSPS) is 32.9. The SMILES string of the molecule is O=C(O)CC1C2C=CC(C2)C1c1cccc(Br)c1. The Bertz CT molecular complexity index is 509. The highest BCUT2D eigenvalue weighted by Crippen LogP contribution is 2.54. The minimum atomic E-state index is -0.680. The fourth-order valence-electron chi connectivity index (χ4n) is 3.61. The van der Waals surface area contributed by atoms with Gasteiger partial charge in [-0.1, -0.05) is 40.2 Å². The van der Waals surface area contributed by atoms with Gasteiger partial charge in [-0.25, -0.2) is 0 Å². The monoisotopic (exact) mass is 306 g/mol. The Hall–Kier alpha value is -1.09. The van der Waals surface area contributed by atoms with Crippen molar-refractivity contribution in [1.29, 1.82) is 0 Å². The number of rotatable bonds is 3. The van der Waals surface area contributed by atoms with Crippen molar-refractivity contribution in [1.82, 2.24) is 0 Å². The third kappa shape index (κ3) is 2.01. The summed E-state index contributed by atoms with van der Waals surface area (Å²) in [6, 6.07) is 8.30. The summed E-state index contributed by atoms with van der Waals surface area (Å²) < 4.78 is 1.07. The van der Waals surface area contributed by atoms with Crippen molar-refractivity contribution in [2.75, 3.05) is 0 Å². The van der Waals surface area contributed by atoms with Gasteiger partial charge in [0.15, 0.2) is 0 Å². The van der Waals surface area contributed by atoms with Crippen molar-refractivity contribution >= 4 is 21.9 Å². The largest absolute Gasteiger partial charge is 0.481 e. The predicted octanol–water partition coefficient (Wildman–Crippen LogP) is 3.83. The minimum absolute atomic E-state index is 0.256. The topological polar surface area (TPSA) is 37.3 Å². The van der Waals surface area contributed by atoms with Crippen LogP contribution in [0.3, 0.4) is 0 Å². The van der Waals surface area contributed by atoms with E-state index in [1.165, 1.54) is 5.56 Å². The number of hydrogen-bond donors (Lipinski definition) is 1. The number of carboxylic acids is 1. The van der Waals surface area contributed by atoms with Gasteiger partial charge in [-0.15, -0.1) is 0 Å². The summed E-state index contributed by atoms with van der Waals surface area (Å²) in [5, 5.41) is 9.09. The number of hydrogen-bond acceptors (Lipinski definition) is 1. The van der Waals surface area contributed by atoms with E-state index in [9.17, 15) is 4.79 Å². The summed E-state index contributed by atoms with van der Waals surface area (Å²) in [6.07, 6.45) is 5.89. The van der Waals surface area contributed by atoms with Gasteiger partial charge in [0.2, 0.25) is 0 Å². The van der Waals surface area contributed by atoms with E-state index in [0.717, 1.165) is 10.9 Å². The maximum absolute atomic E-state index is 11.0. The van der Waals surface area contributed by atoms with Gasteiger partial charge < -0.3 is 5.11 Å². The lowest BCUT2D eigenvalue weighted by Gasteiger charge is -2.27. The molecular formula is C15H15BrO2. The molecular weight excluding hydrogens is 292 g/mol. The van der Waals surface area contributed by atoms with Gasteiger partial charge >= 0.3 is 5.97 Å².